The largest absolute Gasteiger partial charge is 0.399 e. The van der Waals surface area contributed by atoms with Crippen LogP contribution in [0.25, 0.3) is 32.3 Å². The highest BCUT2D eigenvalue weighted by atomic mass is 16.1. The molecule has 0 fully saturated rings. The van der Waals surface area contributed by atoms with E-state index in [0.29, 0.717) is 5.56 Å². The topological polar surface area (TPSA) is 69.1 Å². The number of carbonyl (C=O) groups is 1. The number of amides is 1. The lowest BCUT2D eigenvalue weighted by Crippen LogP contribution is -2.11. The van der Waals surface area contributed by atoms with Crippen LogP contribution in [0, 0.1) is 0 Å². The number of anilines is 1. The maximum Gasteiger partial charge on any atom is 0.249 e. The first kappa shape index (κ1) is 11.1. The van der Waals surface area contributed by atoms with Gasteiger partial charge in [-0.1, -0.05) is 30.3 Å². The fourth-order valence-corrected chi connectivity index (χ4v) is 3.06. The highest BCUT2D eigenvalue weighted by molar-refractivity contribution is 6.26. The summed E-state index contributed by atoms with van der Waals surface area (Å²) in [7, 11) is 0. The van der Waals surface area contributed by atoms with E-state index in [-0.39, 0.29) is 0 Å². The van der Waals surface area contributed by atoms with Gasteiger partial charge in [0.05, 0.1) is 0 Å². The summed E-state index contributed by atoms with van der Waals surface area (Å²) in [6.07, 6.45) is 0. The minimum atomic E-state index is -0.401. The second-order valence-corrected chi connectivity index (χ2v) is 5.10. The molecule has 0 bridgehead atoms. The van der Waals surface area contributed by atoms with E-state index in [9.17, 15) is 4.79 Å². The zero-order chi connectivity index (χ0) is 13.9. The van der Waals surface area contributed by atoms with E-state index >= 15 is 0 Å². The number of primary amides is 1. The van der Waals surface area contributed by atoms with Crippen LogP contribution in [0.15, 0.2) is 48.5 Å². The second-order valence-electron chi connectivity index (χ2n) is 5.10. The molecular formula is C17H12N2O. The van der Waals surface area contributed by atoms with Crippen LogP contribution in [-0.2, 0) is 0 Å². The highest BCUT2D eigenvalue weighted by Gasteiger charge is 2.13. The molecule has 0 spiro atoms. The van der Waals surface area contributed by atoms with Crippen LogP contribution in [0.5, 0.6) is 0 Å². The van der Waals surface area contributed by atoms with E-state index in [0.717, 1.165) is 38.0 Å². The Hall–Kier alpha value is -2.81. The Morgan fingerprint density at radius 3 is 2.10 bits per heavy atom. The minimum absolute atomic E-state index is 0.401. The van der Waals surface area contributed by atoms with Gasteiger partial charge in [-0.05, 0) is 50.5 Å². The summed E-state index contributed by atoms with van der Waals surface area (Å²) < 4.78 is 0. The van der Waals surface area contributed by atoms with Crippen LogP contribution in [0.2, 0.25) is 0 Å². The van der Waals surface area contributed by atoms with Crippen molar-refractivity contribution in [3.8, 4) is 0 Å². The van der Waals surface area contributed by atoms with Gasteiger partial charge < -0.3 is 11.5 Å². The Kier molecular flexibility index (Phi) is 1.99. The van der Waals surface area contributed by atoms with Gasteiger partial charge >= 0.3 is 0 Å². The van der Waals surface area contributed by atoms with Gasteiger partial charge in [-0.3, -0.25) is 4.79 Å². The van der Waals surface area contributed by atoms with Crippen LogP contribution in [0.1, 0.15) is 10.4 Å². The molecule has 96 valence electrons. The molecule has 0 aliphatic rings. The summed E-state index contributed by atoms with van der Waals surface area (Å²) in [4.78, 5) is 11.6. The van der Waals surface area contributed by atoms with E-state index in [1.54, 1.807) is 6.07 Å². The van der Waals surface area contributed by atoms with E-state index in [2.05, 4.69) is 6.07 Å². The highest BCUT2D eigenvalue weighted by Crippen LogP contribution is 2.36. The number of carbonyl (C=O) groups excluding carboxylic acids is 1. The fraction of sp³-hybridized carbons (Fsp3) is 0. The van der Waals surface area contributed by atoms with Gasteiger partial charge in [-0.15, -0.1) is 0 Å². The molecule has 20 heavy (non-hydrogen) atoms. The molecule has 3 heteroatoms. The molecule has 4 N–H and O–H groups in total. The number of rotatable bonds is 1. The molecule has 4 rings (SSSR count). The summed E-state index contributed by atoms with van der Waals surface area (Å²) in [6, 6.07) is 15.7. The molecule has 3 nitrogen and oxygen atoms in total. The van der Waals surface area contributed by atoms with E-state index in [1.807, 2.05) is 36.4 Å². The number of nitrogens with two attached hydrogens (primary N) is 2. The van der Waals surface area contributed by atoms with Crippen molar-refractivity contribution in [1.82, 2.24) is 0 Å². The first-order valence-corrected chi connectivity index (χ1v) is 6.42. The Morgan fingerprint density at radius 2 is 1.40 bits per heavy atom. The van der Waals surface area contributed by atoms with Crippen LogP contribution >= 0.6 is 0 Å². The lowest BCUT2D eigenvalue weighted by molar-refractivity contribution is 0.100. The Morgan fingerprint density at radius 1 is 0.800 bits per heavy atom. The van der Waals surface area contributed by atoms with Gasteiger partial charge in [0.2, 0.25) is 5.91 Å². The Balaban J connectivity index is 2.35. The SMILES string of the molecule is NC(=O)c1ccc2ccc3cc(N)cc4ccc1c2c34. The summed E-state index contributed by atoms with van der Waals surface area (Å²) in [5, 5.41) is 6.39. The first-order chi connectivity index (χ1) is 9.65. The molecule has 4 aromatic rings. The normalized spacial score (nSPS) is 11.6. The van der Waals surface area contributed by atoms with E-state index in [1.165, 1.54) is 0 Å². The number of nitrogen functional groups attached to an aromatic ring is 1. The lowest BCUT2D eigenvalue weighted by atomic mass is 9.91. The third-order valence-electron chi connectivity index (χ3n) is 3.89. The third-order valence-corrected chi connectivity index (χ3v) is 3.89. The molecule has 0 heterocycles. The maximum atomic E-state index is 11.6. The molecule has 0 aliphatic heterocycles. The molecule has 0 saturated carbocycles. The minimum Gasteiger partial charge on any atom is -0.399 e. The molecule has 0 aromatic heterocycles. The standard InChI is InChI=1S/C17H12N2O/c18-12-7-10-2-1-9-3-6-14(17(19)20)13-5-4-11(8-12)15(10)16(9)13/h1-8H,18H2,(H2,19,20). The van der Waals surface area contributed by atoms with Gasteiger partial charge in [0.1, 0.15) is 0 Å². The van der Waals surface area contributed by atoms with Gasteiger partial charge in [-0.2, -0.15) is 0 Å². The van der Waals surface area contributed by atoms with Crippen molar-refractivity contribution >= 4 is 43.9 Å². The molecule has 0 aliphatic carbocycles. The van der Waals surface area contributed by atoms with Crippen LogP contribution in [0.4, 0.5) is 5.69 Å². The van der Waals surface area contributed by atoms with Gasteiger partial charge in [0, 0.05) is 11.3 Å². The van der Waals surface area contributed by atoms with Crippen molar-refractivity contribution < 1.29 is 4.79 Å². The lowest BCUT2D eigenvalue weighted by Gasteiger charge is -2.13. The number of hydrogen-bond donors (Lipinski definition) is 2. The maximum absolute atomic E-state index is 11.6. The van der Waals surface area contributed by atoms with Gasteiger partial charge in [0.25, 0.3) is 0 Å². The molecule has 0 unspecified atom stereocenters. The molecule has 1 amide bonds. The average Bonchev–Trinajstić information content (AvgIpc) is 2.43. The molecule has 0 atom stereocenters. The number of benzene rings is 4. The van der Waals surface area contributed by atoms with Crippen molar-refractivity contribution in [2.45, 2.75) is 0 Å². The predicted octanol–water partition coefficient (Wildman–Crippen LogP) is 3.27. The van der Waals surface area contributed by atoms with E-state index < -0.39 is 5.91 Å². The van der Waals surface area contributed by atoms with Crippen molar-refractivity contribution in [1.29, 1.82) is 0 Å². The van der Waals surface area contributed by atoms with Gasteiger partial charge in [0.15, 0.2) is 0 Å². The Bertz CT molecular complexity index is 970. The van der Waals surface area contributed by atoms with Crippen molar-refractivity contribution in [3.05, 3.63) is 54.1 Å². The van der Waals surface area contributed by atoms with Crippen molar-refractivity contribution in [2.75, 3.05) is 5.73 Å². The molecular weight excluding hydrogens is 248 g/mol. The smallest absolute Gasteiger partial charge is 0.249 e. The summed E-state index contributed by atoms with van der Waals surface area (Å²) in [6.45, 7) is 0. The van der Waals surface area contributed by atoms with Crippen LogP contribution in [0.3, 0.4) is 0 Å². The van der Waals surface area contributed by atoms with E-state index in [4.69, 9.17) is 11.5 Å². The predicted molar refractivity (Wildman–Crippen MR) is 83.1 cm³/mol. The zero-order valence-electron chi connectivity index (χ0n) is 10.7. The molecule has 4 aromatic carbocycles. The average molecular weight is 260 g/mol. The van der Waals surface area contributed by atoms with Crippen LogP contribution < -0.4 is 11.5 Å². The second kappa shape index (κ2) is 3.61. The first-order valence-electron chi connectivity index (χ1n) is 6.42. The summed E-state index contributed by atoms with van der Waals surface area (Å²) in [5.41, 5.74) is 12.7. The number of hydrogen-bond acceptors (Lipinski definition) is 2. The van der Waals surface area contributed by atoms with Crippen molar-refractivity contribution in [2.24, 2.45) is 5.73 Å². The van der Waals surface area contributed by atoms with Crippen molar-refractivity contribution in [3.63, 3.8) is 0 Å². The third kappa shape index (κ3) is 1.32. The monoisotopic (exact) mass is 260 g/mol. The summed E-state index contributed by atoms with van der Waals surface area (Å²) in [5.74, 6) is -0.401. The summed E-state index contributed by atoms with van der Waals surface area (Å²) >= 11 is 0. The molecule has 0 radical (unpaired) electrons. The van der Waals surface area contributed by atoms with Gasteiger partial charge in [-0.25, -0.2) is 0 Å². The fourth-order valence-electron chi connectivity index (χ4n) is 3.06. The molecule has 0 saturated heterocycles. The quantitative estimate of drug-likeness (QED) is 0.407. The zero-order valence-corrected chi connectivity index (χ0v) is 10.7. The van der Waals surface area contributed by atoms with Crippen LogP contribution in [-0.4, -0.2) is 5.91 Å². The Labute approximate surface area is 115 Å².